The van der Waals surface area contributed by atoms with Gasteiger partial charge in [-0.05, 0) is 35.7 Å². The van der Waals surface area contributed by atoms with Gasteiger partial charge >= 0.3 is 6.03 Å². The van der Waals surface area contributed by atoms with Crippen LogP contribution in [-0.2, 0) is 6.54 Å². The third-order valence-corrected chi connectivity index (χ3v) is 5.67. The molecule has 0 bridgehead atoms. The Morgan fingerprint density at radius 3 is 2.70 bits per heavy atom. The average molecular weight is 383 g/mol. The molecule has 4 rings (SSSR count). The summed E-state index contributed by atoms with van der Waals surface area (Å²) in [5.41, 5.74) is 1.80. The Hall–Kier alpha value is -2.93. The molecule has 0 aliphatic carbocycles. The van der Waals surface area contributed by atoms with Crippen LogP contribution in [0.1, 0.15) is 16.6 Å². The summed E-state index contributed by atoms with van der Waals surface area (Å²) in [6, 6.07) is 13.4. The number of nitrogens with one attached hydrogen (secondary N) is 1. The van der Waals surface area contributed by atoms with Gasteiger partial charge in [0, 0.05) is 41.6 Å². The molecular weight excluding hydrogens is 362 g/mol. The van der Waals surface area contributed by atoms with Crippen molar-refractivity contribution in [3.63, 3.8) is 0 Å². The van der Waals surface area contributed by atoms with Gasteiger partial charge in [-0.25, -0.2) is 4.79 Å². The molecule has 140 valence electrons. The summed E-state index contributed by atoms with van der Waals surface area (Å²) in [5, 5.41) is 5.04. The number of urea groups is 1. The lowest BCUT2D eigenvalue weighted by Gasteiger charge is -2.36. The molecule has 7 heteroatoms. The van der Waals surface area contributed by atoms with Crippen molar-refractivity contribution in [1.82, 2.24) is 9.47 Å². The number of methoxy groups -OCH3 is 2. The van der Waals surface area contributed by atoms with E-state index >= 15 is 0 Å². The Labute approximate surface area is 161 Å². The Morgan fingerprint density at radius 1 is 1.11 bits per heavy atom. The van der Waals surface area contributed by atoms with Gasteiger partial charge in [0.2, 0.25) is 0 Å². The van der Waals surface area contributed by atoms with Gasteiger partial charge in [-0.3, -0.25) is 0 Å². The van der Waals surface area contributed by atoms with E-state index in [-0.39, 0.29) is 12.1 Å². The molecular formula is C20H21N3O3S. The smallest absolute Gasteiger partial charge is 0.322 e. The van der Waals surface area contributed by atoms with E-state index in [2.05, 4.69) is 28.2 Å². The minimum absolute atomic E-state index is 0.0890. The maximum absolute atomic E-state index is 13.1. The van der Waals surface area contributed by atoms with Gasteiger partial charge in [0.05, 0.1) is 14.2 Å². The number of fused-ring (bicyclic) bond motifs is 1. The number of nitrogens with zero attached hydrogens (tertiary/aromatic N) is 2. The fourth-order valence-electron chi connectivity index (χ4n) is 3.46. The van der Waals surface area contributed by atoms with Crippen LogP contribution in [0.4, 0.5) is 10.5 Å². The highest BCUT2D eigenvalue weighted by atomic mass is 32.1. The summed E-state index contributed by atoms with van der Waals surface area (Å²) >= 11 is 1.66. The molecule has 3 heterocycles. The number of benzene rings is 1. The number of rotatable bonds is 4. The van der Waals surface area contributed by atoms with Crippen LogP contribution in [0, 0.1) is 0 Å². The maximum Gasteiger partial charge on any atom is 0.322 e. The van der Waals surface area contributed by atoms with E-state index in [1.165, 1.54) is 0 Å². The Kier molecular flexibility index (Phi) is 4.77. The fraction of sp³-hybridized carbons (Fsp3) is 0.250. The van der Waals surface area contributed by atoms with E-state index < -0.39 is 0 Å². The average Bonchev–Trinajstić information content (AvgIpc) is 3.38. The van der Waals surface area contributed by atoms with Crippen LogP contribution in [-0.4, -0.2) is 36.3 Å². The molecule has 0 saturated carbocycles. The quantitative estimate of drug-likeness (QED) is 0.734. The minimum atomic E-state index is -0.131. The molecule has 27 heavy (non-hydrogen) atoms. The van der Waals surface area contributed by atoms with Gasteiger partial charge in [0.25, 0.3) is 0 Å². The number of hydrogen-bond acceptors (Lipinski definition) is 4. The van der Waals surface area contributed by atoms with Crippen molar-refractivity contribution < 1.29 is 14.3 Å². The lowest BCUT2D eigenvalue weighted by molar-refractivity contribution is 0.183. The Morgan fingerprint density at radius 2 is 1.96 bits per heavy atom. The molecule has 0 spiro atoms. The van der Waals surface area contributed by atoms with Crippen LogP contribution in [0.3, 0.4) is 0 Å². The summed E-state index contributed by atoms with van der Waals surface area (Å²) in [6.45, 7) is 1.42. The topological polar surface area (TPSA) is 55.7 Å². The first-order chi connectivity index (χ1) is 13.2. The van der Waals surface area contributed by atoms with Crippen LogP contribution in [0.2, 0.25) is 0 Å². The molecule has 1 aromatic carbocycles. The molecule has 2 aromatic heterocycles. The number of thiophene rings is 1. The number of amides is 2. The summed E-state index contributed by atoms with van der Waals surface area (Å²) in [7, 11) is 3.17. The first kappa shape index (κ1) is 17.5. The summed E-state index contributed by atoms with van der Waals surface area (Å²) in [4.78, 5) is 16.1. The zero-order valence-electron chi connectivity index (χ0n) is 15.2. The first-order valence-electron chi connectivity index (χ1n) is 8.69. The number of carbonyl (C=O) groups excluding carboxylic acids is 1. The third-order valence-electron chi connectivity index (χ3n) is 4.75. The molecule has 1 aliphatic heterocycles. The first-order valence-corrected chi connectivity index (χ1v) is 9.57. The van der Waals surface area contributed by atoms with Crippen molar-refractivity contribution in [2.75, 3.05) is 26.1 Å². The highest BCUT2D eigenvalue weighted by Gasteiger charge is 2.32. The molecule has 1 N–H and O–H groups in total. The van der Waals surface area contributed by atoms with E-state index in [1.807, 2.05) is 28.5 Å². The number of carbonyl (C=O) groups is 1. The maximum atomic E-state index is 13.1. The van der Waals surface area contributed by atoms with Gasteiger partial charge in [-0.1, -0.05) is 6.07 Å². The lowest BCUT2D eigenvalue weighted by Crippen LogP contribution is -2.44. The SMILES string of the molecule is COc1ccc(NC(=O)N2CCn3cccc3[C@@H]2c2cccs2)cc1OC. The molecule has 0 unspecified atom stereocenters. The van der Waals surface area contributed by atoms with Crippen molar-refractivity contribution in [2.24, 2.45) is 0 Å². The van der Waals surface area contributed by atoms with Crippen molar-refractivity contribution >= 4 is 23.1 Å². The summed E-state index contributed by atoms with van der Waals surface area (Å²) in [5.74, 6) is 1.21. The molecule has 0 radical (unpaired) electrons. The highest BCUT2D eigenvalue weighted by Crippen LogP contribution is 2.36. The number of hydrogen-bond donors (Lipinski definition) is 1. The van der Waals surface area contributed by atoms with Crippen molar-refractivity contribution in [3.8, 4) is 11.5 Å². The van der Waals surface area contributed by atoms with Gasteiger partial charge in [-0.15, -0.1) is 11.3 Å². The molecule has 6 nitrogen and oxygen atoms in total. The minimum Gasteiger partial charge on any atom is -0.493 e. The molecule has 1 atom stereocenters. The van der Waals surface area contributed by atoms with Gasteiger partial charge < -0.3 is 24.3 Å². The Bertz CT molecular complexity index is 936. The molecule has 1 aliphatic rings. The summed E-state index contributed by atoms with van der Waals surface area (Å²) in [6.07, 6.45) is 2.07. The van der Waals surface area contributed by atoms with Crippen LogP contribution in [0.15, 0.2) is 54.0 Å². The van der Waals surface area contributed by atoms with E-state index in [1.54, 1.807) is 37.7 Å². The van der Waals surface area contributed by atoms with Crippen LogP contribution in [0.25, 0.3) is 0 Å². The Balaban J connectivity index is 1.61. The zero-order valence-corrected chi connectivity index (χ0v) is 16.0. The van der Waals surface area contributed by atoms with Gasteiger partial charge in [0.15, 0.2) is 11.5 Å². The molecule has 3 aromatic rings. The van der Waals surface area contributed by atoms with Crippen molar-refractivity contribution in [1.29, 1.82) is 0 Å². The van der Waals surface area contributed by atoms with Crippen LogP contribution >= 0.6 is 11.3 Å². The van der Waals surface area contributed by atoms with E-state index in [0.717, 1.165) is 17.1 Å². The third kappa shape index (κ3) is 3.26. The number of anilines is 1. The predicted molar refractivity (Wildman–Crippen MR) is 106 cm³/mol. The van der Waals surface area contributed by atoms with Gasteiger partial charge in [-0.2, -0.15) is 0 Å². The van der Waals surface area contributed by atoms with E-state index in [4.69, 9.17) is 9.47 Å². The molecule has 0 fully saturated rings. The fourth-order valence-corrected chi connectivity index (χ4v) is 4.31. The van der Waals surface area contributed by atoms with Crippen LogP contribution in [0.5, 0.6) is 11.5 Å². The van der Waals surface area contributed by atoms with E-state index in [9.17, 15) is 4.79 Å². The molecule has 0 saturated heterocycles. The highest BCUT2D eigenvalue weighted by molar-refractivity contribution is 7.10. The van der Waals surface area contributed by atoms with Crippen molar-refractivity contribution in [2.45, 2.75) is 12.6 Å². The summed E-state index contributed by atoms with van der Waals surface area (Å²) < 4.78 is 12.8. The second-order valence-electron chi connectivity index (χ2n) is 6.24. The van der Waals surface area contributed by atoms with Gasteiger partial charge in [0.1, 0.15) is 6.04 Å². The number of aromatic nitrogens is 1. The zero-order chi connectivity index (χ0) is 18.8. The van der Waals surface area contributed by atoms with E-state index in [0.29, 0.717) is 23.7 Å². The second kappa shape index (κ2) is 7.36. The second-order valence-corrected chi connectivity index (χ2v) is 7.22. The standard InChI is InChI=1S/C20H21N3O3S/c1-25-16-8-7-14(13-17(16)26-2)21-20(24)23-11-10-22-9-3-5-15(22)19(23)18-6-4-12-27-18/h3-9,12-13,19H,10-11H2,1-2H3,(H,21,24)/t19-/m1/s1. The van der Waals surface area contributed by atoms with Crippen molar-refractivity contribution in [3.05, 3.63) is 64.6 Å². The molecule has 2 amide bonds. The largest absolute Gasteiger partial charge is 0.493 e. The lowest BCUT2D eigenvalue weighted by atomic mass is 10.1. The predicted octanol–water partition coefficient (Wildman–Crippen LogP) is 4.20. The number of ether oxygens (including phenoxy) is 2. The normalized spacial score (nSPS) is 15.9. The van der Waals surface area contributed by atoms with Crippen LogP contribution < -0.4 is 14.8 Å². The monoisotopic (exact) mass is 383 g/mol.